The second-order valence-electron chi connectivity index (χ2n) is 8.79. The molecule has 11 heteroatoms. The summed E-state index contributed by atoms with van der Waals surface area (Å²) in [5, 5.41) is 6.78. The molecule has 1 aliphatic rings. The molecule has 0 radical (unpaired) electrons. The molecule has 0 aliphatic heterocycles. The Morgan fingerprint density at radius 3 is 2.35 bits per heavy atom. The summed E-state index contributed by atoms with van der Waals surface area (Å²) < 4.78 is 70.9. The molecule has 2 N–H and O–H groups in total. The number of alkyl halides is 3. The van der Waals surface area contributed by atoms with Crippen LogP contribution in [0.15, 0.2) is 28.8 Å². The third-order valence-electron chi connectivity index (χ3n) is 5.44. The molecule has 0 spiro atoms. The van der Waals surface area contributed by atoms with Gasteiger partial charge in [0.2, 0.25) is 15.8 Å². The number of anilines is 1. The number of rotatable bonds is 6. The van der Waals surface area contributed by atoms with Crippen LogP contribution in [0.5, 0.6) is 0 Å². The Labute approximate surface area is 179 Å². The number of aromatic nitrogens is 2. The molecule has 1 saturated carbocycles. The van der Waals surface area contributed by atoms with Crippen LogP contribution in [0.1, 0.15) is 52.0 Å². The van der Waals surface area contributed by atoms with E-state index in [0.29, 0.717) is 6.54 Å². The SMILES string of the molecule is CC(C)(C)S(=O)(=O)NC[C@H]1CC[C@H](Nc2nc(-c3ccccc3C(F)(F)F)no2)CC1. The number of nitrogens with one attached hydrogen (secondary N) is 2. The average Bonchev–Trinajstić information content (AvgIpc) is 3.14. The van der Waals surface area contributed by atoms with E-state index in [1.807, 2.05) is 0 Å². The Hall–Kier alpha value is -2.14. The topological polar surface area (TPSA) is 97.1 Å². The van der Waals surface area contributed by atoms with Gasteiger partial charge in [0, 0.05) is 18.2 Å². The van der Waals surface area contributed by atoms with Crippen molar-refractivity contribution in [3.63, 3.8) is 0 Å². The van der Waals surface area contributed by atoms with E-state index in [0.717, 1.165) is 31.7 Å². The molecule has 2 aromatic rings. The van der Waals surface area contributed by atoms with Gasteiger partial charge in [-0.1, -0.05) is 23.4 Å². The lowest BCUT2D eigenvalue weighted by Gasteiger charge is -2.29. The first-order valence-electron chi connectivity index (χ1n) is 10.1. The van der Waals surface area contributed by atoms with Crippen LogP contribution in [0.25, 0.3) is 11.4 Å². The summed E-state index contributed by atoms with van der Waals surface area (Å²) in [7, 11) is -3.38. The molecule has 3 rings (SSSR count). The smallest absolute Gasteiger partial charge is 0.335 e. The van der Waals surface area contributed by atoms with Crippen LogP contribution in [0.2, 0.25) is 0 Å². The highest BCUT2D eigenvalue weighted by atomic mass is 32.2. The molecule has 1 aromatic carbocycles. The zero-order valence-corrected chi connectivity index (χ0v) is 18.5. The van der Waals surface area contributed by atoms with Crippen molar-refractivity contribution in [2.24, 2.45) is 5.92 Å². The Morgan fingerprint density at radius 2 is 1.74 bits per heavy atom. The van der Waals surface area contributed by atoms with Crippen LogP contribution < -0.4 is 10.0 Å². The van der Waals surface area contributed by atoms with E-state index in [-0.39, 0.29) is 29.4 Å². The highest BCUT2D eigenvalue weighted by Gasteiger charge is 2.35. The van der Waals surface area contributed by atoms with E-state index in [1.165, 1.54) is 18.2 Å². The third kappa shape index (κ3) is 5.76. The second-order valence-corrected chi connectivity index (χ2v) is 11.3. The molecule has 0 saturated heterocycles. The Balaban J connectivity index is 1.56. The predicted octanol–water partition coefficient (Wildman–Crippen LogP) is 4.44. The van der Waals surface area contributed by atoms with E-state index in [4.69, 9.17) is 4.52 Å². The summed E-state index contributed by atoms with van der Waals surface area (Å²) in [4.78, 5) is 4.08. The number of benzene rings is 1. The molecule has 7 nitrogen and oxygen atoms in total. The van der Waals surface area contributed by atoms with Crippen molar-refractivity contribution < 1.29 is 26.1 Å². The highest BCUT2D eigenvalue weighted by Crippen LogP contribution is 2.36. The van der Waals surface area contributed by atoms with Gasteiger partial charge < -0.3 is 9.84 Å². The van der Waals surface area contributed by atoms with Gasteiger partial charge in [-0.15, -0.1) is 0 Å². The maximum atomic E-state index is 13.2. The first-order chi connectivity index (χ1) is 14.4. The summed E-state index contributed by atoms with van der Waals surface area (Å²) in [5.41, 5.74) is -0.956. The van der Waals surface area contributed by atoms with Crippen molar-refractivity contribution in [3.05, 3.63) is 29.8 Å². The van der Waals surface area contributed by atoms with E-state index < -0.39 is 26.5 Å². The minimum Gasteiger partial charge on any atom is -0.335 e. The maximum Gasteiger partial charge on any atom is 0.417 e. The fourth-order valence-corrected chi connectivity index (χ4v) is 4.33. The van der Waals surface area contributed by atoms with Crippen LogP contribution >= 0.6 is 0 Å². The normalized spacial score (nSPS) is 20.6. The molecule has 172 valence electrons. The molecule has 1 aromatic heterocycles. The van der Waals surface area contributed by atoms with Crippen LogP contribution in [0, 0.1) is 5.92 Å². The highest BCUT2D eigenvalue weighted by molar-refractivity contribution is 7.90. The monoisotopic (exact) mass is 460 g/mol. The second kappa shape index (κ2) is 8.78. The molecule has 1 heterocycles. The van der Waals surface area contributed by atoms with Crippen LogP contribution in [-0.2, 0) is 16.2 Å². The minimum atomic E-state index is -4.52. The molecule has 0 unspecified atom stereocenters. The first-order valence-corrected chi connectivity index (χ1v) is 11.6. The lowest BCUT2D eigenvalue weighted by atomic mass is 9.86. The van der Waals surface area contributed by atoms with Crippen LogP contribution in [0.4, 0.5) is 19.2 Å². The summed E-state index contributed by atoms with van der Waals surface area (Å²) in [6, 6.07) is 5.19. The van der Waals surface area contributed by atoms with E-state index in [2.05, 4.69) is 20.2 Å². The van der Waals surface area contributed by atoms with Gasteiger partial charge in [0.05, 0.1) is 10.3 Å². The quantitative estimate of drug-likeness (QED) is 0.661. The zero-order chi connectivity index (χ0) is 22.9. The van der Waals surface area contributed by atoms with Crippen LogP contribution in [-0.4, -0.2) is 35.9 Å². The lowest BCUT2D eigenvalue weighted by molar-refractivity contribution is -0.137. The fourth-order valence-electron chi connectivity index (χ4n) is 3.45. The Bertz CT molecular complexity index is 992. The van der Waals surface area contributed by atoms with Gasteiger partial charge in [-0.2, -0.15) is 18.2 Å². The minimum absolute atomic E-state index is 0.0293. The van der Waals surface area contributed by atoms with E-state index in [1.54, 1.807) is 20.8 Å². The molecule has 0 amide bonds. The van der Waals surface area contributed by atoms with Crippen molar-refractivity contribution in [2.75, 3.05) is 11.9 Å². The van der Waals surface area contributed by atoms with Crippen molar-refractivity contribution in [1.29, 1.82) is 0 Å². The van der Waals surface area contributed by atoms with Gasteiger partial charge in [0.15, 0.2) is 0 Å². The van der Waals surface area contributed by atoms with Crippen molar-refractivity contribution in [2.45, 2.75) is 63.4 Å². The number of hydrogen-bond acceptors (Lipinski definition) is 6. The average molecular weight is 461 g/mol. The van der Waals surface area contributed by atoms with Gasteiger partial charge >= 0.3 is 12.2 Å². The lowest BCUT2D eigenvalue weighted by Crippen LogP contribution is -2.42. The van der Waals surface area contributed by atoms with Gasteiger partial charge in [-0.3, -0.25) is 0 Å². The Morgan fingerprint density at radius 1 is 1.10 bits per heavy atom. The summed E-state index contributed by atoms with van der Waals surface area (Å²) in [6.45, 7) is 5.36. The molecule has 0 atom stereocenters. The van der Waals surface area contributed by atoms with Gasteiger partial charge in [-0.05, 0) is 58.4 Å². The summed E-state index contributed by atoms with van der Waals surface area (Å²) in [5.74, 6) is 0.104. The van der Waals surface area contributed by atoms with E-state index >= 15 is 0 Å². The first kappa shape index (κ1) is 23.5. The molecular formula is C20H27F3N4O3S. The van der Waals surface area contributed by atoms with Crippen molar-refractivity contribution in [3.8, 4) is 11.4 Å². The van der Waals surface area contributed by atoms with Crippen LogP contribution in [0.3, 0.4) is 0 Å². The number of halogens is 3. The molecule has 1 fully saturated rings. The van der Waals surface area contributed by atoms with Gasteiger partial charge in [-0.25, -0.2) is 13.1 Å². The third-order valence-corrected chi connectivity index (χ3v) is 7.60. The zero-order valence-electron chi connectivity index (χ0n) is 17.7. The predicted molar refractivity (Wildman–Crippen MR) is 111 cm³/mol. The van der Waals surface area contributed by atoms with E-state index in [9.17, 15) is 21.6 Å². The largest absolute Gasteiger partial charge is 0.417 e. The number of sulfonamides is 1. The maximum absolute atomic E-state index is 13.2. The molecule has 31 heavy (non-hydrogen) atoms. The summed E-state index contributed by atoms with van der Waals surface area (Å²) in [6.07, 6.45) is -1.38. The summed E-state index contributed by atoms with van der Waals surface area (Å²) >= 11 is 0. The van der Waals surface area contributed by atoms with Crippen molar-refractivity contribution in [1.82, 2.24) is 14.9 Å². The molecule has 1 aliphatic carbocycles. The number of nitrogens with zero attached hydrogens (tertiary/aromatic N) is 2. The standard InChI is InChI=1S/C20H27F3N4O3S/c1-19(2,3)31(28,29)24-12-13-8-10-14(11-9-13)25-18-26-17(27-30-18)15-6-4-5-7-16(15)20(21,22)23/h4-7,13-14,24H,8-12H2,1-3H3,(H,25,26,27)/t13-,14-. The van der Waals surface area contributed by atoms with Crippen molar-refractivity contribution >= 4 is 16.0 Å². The molecular weight excluding hydrogens is 433 g/mol. The number of hydrogen-bond donors (Lipinski definition) is 2. The molecule has 0 bridgehead atoms. The fraction of sp³-hybridized carbons (Fsp3) is 0.600. The van der Waals surface area contributed by atoms with Gasteiger partial charge in [0.25, 0.3) is 0 Å². The van der Waals surface area contributed by atoms with Gasteiger partial charge in [0.1, 0.15) is 0 Å². The Kier molecular flexibility index (Phi) is 6.66.